The van der Waals surface area contributed by atoms with Gasteiger partial charge in [0.15, 0.2) is 0 Å². The summed E-state index contributed by atoms with van der Waals surface area (Å²) in [6.45, 7) is 9.50. The van der Waals surface area contributed by atoms with Gasteiger partial charge in [0, 0.05) is 22.1 Å². The number of methoxy groups -OCH3 is 1. The summed E-state index contributed by atoms with van der Waals surface area (Å²) in [5.41, 5.74) is 2.51. The second kappa shape index (κ2) is 6.39. The Bertz CT molecular complexity index is 433. The van der Waals surface area contributed by atoms with Crippen LogP contribution >= 0.6 is 15.9 Å². The second-order valence-corrected chi connectivity index (χ2v) is 6.40. The molecule has 1 aromatic carbocycles. The SMILES string of the molecule is COc1ccc(Br)cc1C=C(C)CNC(C)(C)C. The number of ether oxygens (including phenoxy) is 1. The summed E-state index contributed by atoms with van der Waals surface area (Å²) in [6.07, 6.45) is 2.16. The second-order valence-electron chi connectivity index (χ2n) is 5.48. The molecule has 100 valence electrons. The highest BCUT2D eigenvalue weighted by Crippen LogP contribution is 2.25. The van der Waals surface area contributed by atoms with Crippen LogP contribution in [0.4, 0.5) is 0 Å². The molecule has 0 saturated carbocycles. The molecule has 0 bridgehead atoms. The van der Waals surface area contributed by atoms with Crippen molar-refractivity contribution in [3.8, 4) is 5.75 Å². The lowest BCUT2D eigenvalue weighted by Crippen LogP contribution is -2.36. The summed E-state index contributed by atoms with van der Waals surface area (Å²) in [7, 11) is 1.70. The van der Waals surface area contributed by atoms with E-state index < -0.39 is 0 Å². The number of hydrogen-bond donors (Lipinski definition) is 1. The highest BCUT2D eigenvalue weighted by Gasteiger charge is 2.08. The zero-order valence-electron chi connectivity index (χ0n) is 11.8. The van der Waals surface area contributed by atoms with Crippen molar-refractivity contribution in [1.82, 2.24) is 5.32 Å². The van der Waals surface area contributed by atoms with E-state index in [1.807, 2.05) is 12.1 Å². The maximum Gasteiger partial charge on any atom is 0.126 e. The van der Waals surface area contributed by atoms with Crippen LogP contribution < -0.4 is 10.1 Å². The van der Waals surface area contributed by atoms with Gasteiger partial charge in [-0.2, -0.15) is 0 Å². The molecule has 0 fully saturated rings. The molecule has 0 spiro atoms. The number of benzene rings is 1. The van der Waals surface area contributed by atoms with Gasteiger partial charge in [-0.1, -0.05) is 27.6 Å². The summed E-state index contributed by atoms with van der Waals surface area (Å²) < 4.78 is 6.42. The van der Waals surface area contributed by atoms with E-state index in [9.17, 15) is 0 Å². The lowest BCUT2D eigenvalue weighted by atomic mass is 10.1. The van der Waals surface area contributed by atoms with E-state index in [0.717, 1.165) is 22.3 Å². The van der Waals surface area contributed by atoms with Crippen LogP contribution in [0, 0.1) is 0 Å². The van der Waals surface area contributed by atoms with Crippen LogP contribution in [0.1, 0.15) is 33.3 Å². The molecule has 2 nitrogen and oxygen atoms in total. The summed E-state index contributed by atoms with van der Waals surface area (Å²) in [4.78, 5) is 0. The molecule has 0 atom stereocenters. The zero-order valence-corrected chi connectivity index (χ0v) is 13.4. The van der Waals surface area contributed by atoms with Crippen LogP contribution in [-0.4, -0.2) is 19.2 Å². The predicted octanol–water partition coefficient (Wildman–Crippen LogP) is 4.25. The van der Waals surface area contributed by atoms with Gasteiger partial charge in [-0.3, -0.25) is 0 Å². The van der Waals surface area contributed by atoms with Crippen molar-refractivity contribution in [3.05, 3.63) is 33.8 Å². The Kier molecular flexibility index (Phi) is 5.42. The van der Waals surface area contributed by atoms with Crippen LogP contribution in [0.25, 0.3) is 6.08 Å². The van der Waals surface area contributed by atoms with Crippen LogP contribution in [0.2, 0.25) is 0 Å². The maximum atomic E-state index is 5.36. The quantitative estimate of drug-likeness (QED) is 0.897. The first kappa shape index (κ1) is 15.3. The molecule has 0 aromatic heterocycles. The first-order valence-electron chi connectivity index (χ1n) is 6.07. The molecule has 0 radical (unpaired) electrons. The summed E-state index contributed by atoms with van der Waals surface area (Å²) in [5, 5.41) is 3.47. The van der Waals surface area contributed by atoms with Gasteiger partial charge < -0.3 is 10.1 Å². The Balaban J connectivity index is 2.84. The van der Waals surface area contributed by atoms with E-state index in [2.05, 4.69) is 61.1 Å². The van der Waals surface area contributed by atoms with Gasteiger partial charge in [0.25, 0.3) is 0 Å². The number of nitrogens with one attached hydrogen (secondary N) is 1. The molecule has 1 aromatic rings. The fourth-order valence-electron chi connectivity index (χ4n) is 1.54. The van der Waals surface area contributed by atoms with Gasteiger partial charge in [0.1, 0.15) is 5.75 Å². The van der Waals surface area contributed by atoms with E-state index in [1.165, 1.54) is 5.57 Å². The molecule has 3 heteroatoms. The highest BCUT2D eigenvalue weighted by atomic mass is 79.9. The van der Waals surface area contributed by atoms with Crippen LogP contribution in [0.5, 0.6) is 5.75 Å². The van der Waals surface area contributed by atoms with E-state index in [0.29, 0.717) is 0 Å². The lowest BCUT2D eigenvalue weighted by molar-refractivity contribution is 0.413. The first-order chi connectivity index (χ1) is 8.31. The molecule has 1 N–H and O–H groups in total. The molecular formula is C15H22BrNO. The molecule has 1 rings (SSSR count). The standard InChI is InChI=1S/C15H22BrNO/c1-11(10-17-15(2,3)4)8-12-9-13(16)6-7-14(12)18-5/h6-9,17H,10H2,1-5H3. The van der Waals surface area contributed by atoms with Crippen molar-refractivity contribution in [1.29, 1.82) is 0 Å². The third kappa shape index (κ3) is 5.23. The summed E-state index contributed by atoms with van der Waals surface area (Å²) in [5.74, 6) is 0.897. The average Bonchev–Trinajstić information content (AvgIpc) is 2.26. The van der Waals surface area contributed by atoms with Crippen molar-refractivity contribution >= 4 is 22.0 Å². The molecule has 18 heavy (non-hydrogen) atoms. The largest absolute Gasteiger partial charge is 0.496 e. The smallest absolute Gasteiger partial charge is 0.126 e. The number of halogens is 1. The predicted molar refractivity (Wildman–Crippen MR) is 82.1 cm³/mol. The van der Waals surface area contributed by atoms with Crippen LogP contribution in [0.3, 0.4) is 0 Å². The minimum atomic E-state index is 0.135. The molecule has 0 heterocycles. The molecule has 0 aliphatic heterocycles. The fraction of sp³-hybridized carbons (Fsp3) is 0.467. The Morgan fingerprint density at radius 1 is 1.39 bits per heavy atom. The van der Waals surface area contributed by atoms with E-state index in [1.54, 1.807) is 7.11 Å². The molecule has 0 unspecified atom stereocenters. The van der Waals surface area contributed by atoms with E-state index in [4.69, 9.17) is 4.74 Å². The zero-order chi connectivity index (χ0) is 13.8. The third-order valence-electron chi connectivity index (χ3n) is 2.49. The van der Waals surface area contributed by atoms with Gasteiger partial charge in [0.2, 0.25) is 0 Å². The van der Waals surface area contributed by atoms with Gasteiger partial charge in [-0.05, 0) is 45.9 Å². The Hall–Kier alpha value is -0.800. The van der Waals surface area contributed by atoms with Crippen molar-refractivity contribution in [2.75, 3.05) is 13.7 Å². The Morgan fingerprint density at radius 3 is 2.61 bits per heavy atom. The topological polar surface area (TPSA) is 21.3 Å². The van der Waals surface area contributed by atoms with E-state index in [-0.39, 0.29) is 5.54 Å². The lowest BCUT2D eigenvalue weighted by Gasteiger charge is -2.20. The van der Waals surface area contributed by atoms with Crippen LogP contribution in [-0.2, 0) is 0 Å². The monoisotopic (exact) mass is 311 g/mol. The summed E-state index contributed by atoms with van der Waals surface area (Å²) >= 11 is 3.49. The van der Waals surface area contributed by atoms with E-state index >= 15 is 0 Å². The van der Waals surface area contributed by atoms with Gasteiger partial charge in [-0.15, -0.1) is 0 Å². The Labute approximate surface area is 119 Å². The van der Waals surface area contributed by atoms with Gasteiger partial charge in [0.05, 0.1) is 7.11 Å². The molecule has 0 saturated heterocycles. The number of rotatable bonds is 4. The minimum Gasteiger partial charge on any atom is -0.496 e. The third-order valence-corrected chi connectivity index (χ3v) is 2.98. The first-order valence-corrected chi connectivity index (χ1v) is 6.87. The molecule has 0 amide bonds. The minimum absolute atomic E-state index is 0.135. The highest BCUT2D eigenvalue weighted by molar-refractivity contribution is 9.10. The van der Waals surface area contributed by atoms with Gasteiger partial charge in [-0.25, -0.2) is 0 Å². The summed E-state index contributed by atoms with van der Waals surface area (Å²) in [6, 6.07) is 6.03. The van der Waals surface area contributed by atoms with Crippen molar-refractivity contribution in [3.63, 3.8) is 0 Å². The fourth-order valence-corrected chi connectivity index (χ4v) is 1.92. The van der Waals surface area contributed by atoms with Crippen molar-refractivity contribution in [2.45, 2.75) is 33.2 Å². The normalized spacial score (nSPS) is 12.7. The maximum absolute atomic E-state index is 5.36. The van der Waals surface area contributed by atoms with Crippen LogP contribution in [0.15, 0.2) is 28.2 Å². The Morgan fingerprint density at radius 2 is 2.06 bits per heavy atom. The van der Waals surface area contributed by atoms with Gasteiger partial charge >= 0.3 is 0 Å². The van der Waals surface area contributed by atoms with Crippen molar-refractivity contribution in [2.24, 2.45) is 0 Å². The van der Waals surface area contributed by atoms with Crippen molar-refractivity contribution < 1.29 is 4.74 Å². The average molecular weight is 312 g/mol. The number of hydrogen-bond acceptors (Lipinski definition) is 2. The molecule has 0 aliphatic rings. The molecule has 0 aliphatic carbocycles. The molecular weight excluding hydrogens is 290 g/mol.